The van der Waals surface area contributed by atoms with E-state index >= 15 is 0 Å². The van der Waals surface area contributed by atoms with E-state index in [1.54, 1.807) is 10.8 Å². The number of alkyl halides is 2. The lowest BCUT2D eigenvalue weighted by Crippen LogP contribution is -2.20. The molecule has 0 heterocycles. The van der Waals surface area contributed by atoms with E-state index in [0.29, 0.717) is 5.56 Å². The van der Waals surface area contributed by atoms with Crippen LogP contribution in [0.25, 0.3) is 0 Å². The van der Waals surface area contributed by atoms with Gasteiger partial charge in [-0.2, -0.15) is 8.78 Å². The van der Waals surface area contributed by atoms with Gasteiger partial charge in [0.25, 0.3) is 10.0 Å². The van der Waals surface area contributed by atoms with E-state index in [0.717, 1.165) is 0 Å². The molecule has 1 aromatic rings. The van der Waals surface area contributed by atoms with E-state index < -0.39 is 15.8 Å². The van der Waals surface area contributed by atoms with Gasteiger partial charge in [0.15, 0.2) is 0 Å². The van der Waals surface area contributed by atoms with Gasteiger partial charge in [0.1, 0.15) is 0 Å². The highest BCUT2D eigenvalue weighted by molar-refractivity contribution is 7.93. The number of anilines is 1. The molecule has 1 aromatic carbocycles. The molecule has 0 fully saturated rings. The fourth-order valence-corrected chi connectivity index (χ4v) is 1.43. The van der Waals surface area contributed by atoms with E-state index in [1.807, 2.05) is 0 Å². The van der Waals surface area contributed by atoms with E-state index in [2.05, 4.69) is 5.92 Å². The Kier molecular flexibility index (Phi) is 3.27. The first kappa shape index (κ1) is 11.5. The van der Waals surface area contributed by atoms with Crippen LogP contribution in [0.2, 0.25) is 0 Å². The quantitative estimate of drug-likeness (QED) is 0.804. The summed E-state index contributed by atoms with van der Waals surface area (Å²) in [5, 5.41) is 0. The van der Waals surface area contributed by atoms with Gasteiger partial charge in [0, 0.05) is 11.3 Å². The molecule has 0 aliphatic rings. The van der Waals surface area contributed by atoms with Crippen LogP contribution >= 0.6 is 0 Å². The molecule has 3 nitrogen and oxygen atoms in total. The van der Waals surface area contributed by atoms with Crippen molar-refractivity contribution in [1.29, 1.82) is 0 Å². The van der Waals surface area contributed by atoms with Crippen molar-refractivity contribution in [1.82, 2.24) is 0 Å². The molecule has 0 aliphatic heterocycles. The smallest absolute Gasteiger partial charge is 0.279 e. The second-order valence-corrected chi connectivity index (χ2v) is 4.28. The summed E-state index contributed by atoms with van der Waals surface area (Å²) in [6.45, 7) is 0. The first-order valence-electron chi connectivity index (χ1n) is 3.82. The van der Waals surface area contributed by atoms with Crippen LogP contribution in [0, 0.1) is 12.3 Å². The van der Waals surface area contributed by atoms with Crippen molar-refractivity contribution in [3.63, 3.8) is 0 Å². The number of halogens is 2. The van der Waals surface area contributed by atoms with Gasteiger partial charge >= 0.3 is 5.76 Å². The van der Waals surface area contributed by atoms with Gasteiger partial charge in [-0.05, 0) is 18.2 Å². The number of hydrogen-bond donors (Lipinski definition) is 1. The Hall–Kier alpha value is -1.61. The van der Waals surface area contributed by atoms with Crippen molar-refractivity contribution in [2.75, 3.05) is 4.72 Å². The molecule has 80 valence electrons. The topological polar surface area (TPSA) is 46.2 Å². The maximum atomic E-state index is 12.0. The number of benzene rings is 1. The van der Waals surface area contributed by atoms with Gasteiger partial charge in [-0.15, -0.1) is 6.42 Å². The second kappa shape index (κ2) is 4.28. The summed E-state index contributed by atoms with van der Waals surface area (Å²) >= 11 is 0. The number of sulfonamides is 1. The first-order valence-corrected chi connectivity index (χ1v) is 5.37. The second-order valence-electron chi connectivity index (χ2n) is 2.63. The van der Waals surface area contributed by atoms with Crippen LogP contribution in [0.4, 0.5) is 14.5 Å². The summed E-state index contributed by atoms with van der Waals surface area (Å²) in [6.07, 6.45) is 5.07. The van der Waals surface area contributed by atoms with E-state index in [1.165, 1.54) is 18.2 Å². The number of rotatable bonds is 3. The molecule has 0 saturated carbocycles. The molecule has 0 radical (unpaired) electrons. The van der Waals surface area contributed by atoms with Crippen LogP contribution < -0.4 is 4.72 Å². The van der Waals surface area contributed by atoms with Crippen molar-refractivity contribution >= 4 is 15.7 Å². The van der Waals surface area contributed by atoms with Gasteiger partial charge in [-0.25, -0.2) is 8.42 Å². The van der Waals surface area contributed by atoms with Crippen molar-refractivity contribution in [3.8, 4) is 12.3 Å². The lowest BCUT2D eigenvalue weighted by molar-refractivity contribution is 0.236. The average Bonchev–Trinajstić information content (AvgIpc) is 2.17. The lowest BCUT2D eigenvalue weighted by atomic mass is 10.2. The van der Waals surface area contributed by atoms with Crippen LogP contribution in [0.3, 0.4) is 0 Å². The average molecular weight is 231 g/mol. The summed E-state index contributed by atoms with van der Waals surface area (Å²) in [5.74, 6) is -1.21. The molecule has 1 N–H and O–H groups in total. The normalized spacial score (nSPS) is 11.1. The molecule has 0 saturated heterocycles. The third-order valence-corrected chi connectivity index (χ3v) is 2.51. The third-order valence-electron chi connectivity index (χ3n) is 1.52. The van der Waals surface area contributed by atoms with Crippen LogP contribution in [0.1, 0.15) is 5.56 Å². The fourth-order valence-electron chi connectivity index (χ4n) is 0.881. The minimum absolute atomic E-state index is 0.0192. The Morgan fingerprint density at radius 3 is 2.60 bits per heavy atom. The highest BCUT2D eigenvalue weighted by atomic mass is 32.2. The number of hydrogen-bond acceptors (Lipinski definition) is 2. The number of terminal acetylenes is 1. The standard InChI is InChI=1S/C9H7F2NO2S/c1-2-7-4-3-5-8(6-7)12-15(13,14)9(10)11/h1,3-6,9,12H. The molecular weight excluding hydrogens is 224 g/mol. The summed E-state index contributed by atoms with van der Waals surface area (Å²) < 4.78 is 47.3. The molecule has 0 aromatic heterocycles. The first-order chi connectivity index (χ1) is 6.95. The van der Waals surface area contributed by atoms with Crippen molar-refractivity contribution in [2.24, 2.45) is 0 Å². The zero-order valence-electron chi connectivity index (χ0n) is 7.44. The molecule has 0 spiro atoms. The highest BCUT2D eigenvalue weighted by Gasteiger charge is 2.23. The molecule has 0 bridgehead atoms. The van der Waals surface area contributed by atoms with Crippen molar-refractivity contribution < 1.29 is 17.2 Å². The highest BCUT2D eigenvalue weighted by Crippen LogP contribution is 2.14. The Bertz CT molecular complexity index is 491. The molecule has 0 atom stereocenters. The minimum Gasteiger partial charge on any atom is -0.279 e. The van der Waals surface area contributed by atoms with Crippen LogP contribution in [-0.2, 0) is 10.0 Å². The summed E-state index contributed by atoms with van der Waals surface area (Å²) in [5.41, 5.74) is 0.426. The van der Waals surface area contributed by atoms with Crippen molar-refractivity contribution in [2.45, 2.75) is 5.76 Å². The predicted molar refractivity (Wildman–Crippen MR) is 52.9 cm³/mol. The molecule has 6 heteroatoms. The molecule has 15 heavy (non-hydrogen) atoms. The molecular formula is C9H7F2NO2S. The zero-order chi connectivity index (χ0) is 11.5. The minimum atomic E-state index is -4.63. The molecule has 0 amide bonds. The maximum Gasteiger partial charge on any atom is 0.355 e. The van der Waals surface area contributed by atoms with Gasteiger partial charge in [0.05, 0.1) is 0 Å². The van der Waals surface area contributed by atoms with E-state index in [4.69, 9.17) is 6.42 Å². The summed E-state index contributed by atoms with van der Waals surface area (Å²) in [6, 6.07) is 5.65. The Labute approximate surface area is 86.2 Å². The van der Waals surface area contributed by atoms with E-state index in [-0.39, 0.29) is 5.69 Å². The largest absolute Gasteiger partial charge is 0.355 e. The van der Waals surface area contributed by atoms with Gasteiger partial charge in [0.2, 0.25) is 0 Å². The Balaban J connectivity index is 2.96. The molecule has 1 rings (SSSR count). The Morgan fingerprint density at radius 1 is 1.40 bits per heavy atom. The van der Waals surface area contributed by atoms with Crippen LogP contribution in [-0.4, -0.2) is 14.2 Å². The van der Waals surface area contributed by atoms with Gasteiger partial charge in [-0.1, -0.05) is 12.0 Å². The van der Waals surface area contributed by atoms with Gasteiger partial charge in [-0.3, -0.25) is 4.72 Å². The zero-order valence-corrected chi connectivity index (χ0v) is 8.26. The number of nitrogens with one attached hydrogen (secondary N) is 1. The summed E-state index contributed by atoms with van der Waals surface area (Å²) in [4.78, 5) is 0. The predicted octanol–water partition coefficient (Wildman–Crippen LogP) is 1.63. The van der Waals surface area contributed by atoms with Gasteiger partial charge < -0.3 is 0 Å². The monoisotopic (exact) mass is 231 g/mol. The Morgan fingerprint density at radius 2 is 2.07 bits per heavy atom. The molecule has 0 aliphatic carbocycles. The maximum absolute atomic E-state index is 12.0. The van der Waals surface area contributed by atoms with Crippen molar-refractivity contribution in [3.05, 3.63) is 29.8 Å². The van der Waals surface area contributed by atoms with Crippen LogP contribution in [0.15, 0.2) is 24.3 Å². The summed E-state index contributed by atoms with van der Waals surface area (Å²) in [7, 11) is -4.63. The molecule has 0 unspecified atom stereocenters. The van der Waals surface area contributed by atoms with E-state index in [9.17, 15) is 17.2 Å². The third kappa shape index (κ3) is 2.92. The SMILES string of the molecule is C#Cc1cccc(NS(=O)(=O)C(F)F)c1. The fraction of sp³-hybridized carbons (Fsp3) is 0.111. The lowest BCUT2D eigenvalue weighted by Gasteiger charge is -2.06. The van der Waals surface area contributed by atoms with Crippen LogP contribution in [0.5, 0.6) is 0 Å².